The fourth-order valence-electron chi connectivity index (χ4n) is 3.43. The van der Waals surface area contributed by atoms with E-state index >= 15 is 0 Å². The summed E-state index contributed by atoms with van der Waals surface area (Å²) in [6, 6.07) is 12.8. The zero-order valence-corrected chi connectivity index (χ0v) is 17.8. The molecular weight excluding hydrogens is 388 g/mol. The highest BCUT2D eigenvalue weighted by Gasteiger charge is 2.21. The molecule has 1 heterocycles. The Morgan fingerprint density at radius 2 is 2.06 bits per heavy atom. The van der Waals surface area contributed by atoms with Crippen molar-refractivity contribution in [1.82, 2.24) is 4.90 Å². The number of nitrogens with two attached hydrogens (primary N) is 1. The predicted octanol–water partition coefficient (Wildman–Crippen LogP) is 3.89. The standard InChI is InChI=1S/C25H26N4O2/c1-4-11-29(12-5-2)25(31)20-14-18-9-10-19(15-22(18)28-23(26)16-20)24(30)27-21-8-6-7-17(3)13-21/h1,6-10,13-15H,5,11-12,16H2,2-3H3,(H2,26,28)(H,27,30). The number of nitrogens with zero attached hydrogens (tertiary/aromatic N) is 2. The average Bonchev–Trinajstić information content (AvgIpc) is 2.90. The van der Waals surface area contributed by atoms with Crippen molar-refractivity contribution < 1.29 is 9.59 Å². The summed E-state index contributed by atoms with van der Waals surface area (Å²) >= 11 is 0. The fraction of sp³-hybridized carbons (Fsp3) is 0.240. The molecule has 6 nitrogen and oxygen atoms in total. The van der Waals surface area contributed by atoms with Crippen molar-refractivity contribution in [3.05, 3.63) is 64.7 Å². The number of rotatable bonds is 6. The SMILES string of the molecule is C#CCN(CCC)C(=O)C1=Cc2ccc(C(=O)Nc3cccc(C)c3)cc2N=C(N)C1. The first kappa shape index (κ1) is 21.8. The van der Waals surface area contributed by atoms with E-state index in [1.807, 2.05) is 38.1 Å². The average molecular weight is 415 g/mol. The topological polar surface area (TPSA) is 87.8 Å². The van der Waals surface area contributed by atoms with E-state index in [1.165, 1.54) is 0 Å². The maximum absolute atomic E-state index is 13.0. The number of hydrogen-bond acceptors (Lipinski definition) is 4. The Morgan fingerprint density at radius 1 is 1.26 bits per heavy atom. The highest BCUT2D eigenvalue weighted by Crippen LogP contribution is 2.28. The first-order valence-electron chi connectivity index (χ1n) is 10.2. The molecule has 1 aliphatic rings. The number of nitrogens with one attached hydrogen (secondary N) is 1. The summed E-state index contributed by atoms with van der Waals surface area (Å²) in [5, 5.41) is 2.89. The second-order valence-electron chi connectivity index (χ2n) is 7.48. The number of amidine groups is 1. The van der Waals surface area contributed by atoms with Crippen LogP contribution < -0.4 is 11.1 Å². The van der Waals surface area contributed by atoms with Crippen LogP contribution in [-0.4, -0.2) is 35.6 Å². The number of fused-ring (bicyclic) bond motifs is 1. The van der Waals surface area contributed by atoms with Gasteiger partial charge < -0.3 is 16.0 Å². The molecule has 0 aromatic heterocycles. The van der Waals surface area contributed by atoms with Gasteiger partial charge in [-0.05, 0) is 49.2 Å². The molecule has 0 spiro atoms. The first-order chi connectivity index (χ1) is 14.9. The second-order valence-corrected chi connectivity index (χ2v) is 7.48. The number of carbonyl (C=O) groups is 2. The molecule has 2 aromatic carbocycles. The molecule has 3 N–H and O–H groups in total. The number of hydrogen-bond donors (Lipinski definition) is 2. The van der Waals surface area contributed by atoms with Crippen LogP contribution in [0.4, 0.5) is 11.4 Å². The summed E-state index contributed by atoms with van der Waals surface area (Å²) in [6.45, 7) is 4.77. The normalized spacial score (nSPS) is 12.5. The van der Waals surface area contributed by atoms with E-state index in [-0.39, 0.29) is 24.8 Å². The molecular formula is C25H26N4O2. The van der Waals surface area contributed by atoms with Crippen LogP contribution in [0.2, 0.25) is 0 Å². The largest absolute Gasteiger partial charge is 0.387 e. The summed E-state index contributed by atoms with van der Waals surface area (Å²) in [6.07, 6.45) is 8.23. The molecule has 0 aliphatic carbocycles. The lowest BCUT2D eigenvalue weighted by molar-refractivity contribution is -0.126. The predicted molar refractivity (Wildman–Crippen MR) is 125 cm³/mol. The van der Waals surface area contributed by atoms with Crippen LogP contribution in [0.1, 0.15) is 41.3 Å². The lowest BCUT2D eigenvalue weighted by Gasteiger charge is -2.20. The minimum absolute atomic E-state index is 0.146. The van der Waals surface area contributed by atoms with Gasteiger partial charge >= 0.3 is 0 Å². The zero-order chi connectivity index (χ0) is 22.4. The molecule has 0 fully saturated rings. The van der Waals surface area contributed by atoms with Gasteiger partial charge in [0.2, 0.25) is 0 Å². The monoisotopic (exact) mass is 414 g/mol. The van der Waals surface area contributed by atoms with Gasteiger partial charge in [-0.1, -0.05) is 31.0 Å². The third-order valence-corrected chi connectivity index (χ3v) is 4.87. The molecule has 6 heteroatoms. The maximum atomic E-state index is 13.0. The van der Waals surface area contributed by atoms with Gasteiger partial charge in [0.05, 0.1) is 12.2 Å². The van der Waals surface area contributed by atoms with Crippen LogP contribution in [0.15, 0.2) is 53.0 Å². The highest BCUT2D eigenvalue weighted by molar-refractivity contribution is 6.08. The maximum Gasteiger partial charge on any atom is 0.255 e. The third kappa shape index (κ3) is 5.40. The second kappa shape index (κ2) is 9.77. The Bertz CT molecular complexity index is 1110. The molecule has 0 bridgehead atoms. The Kier molecular flexibility index (Phi) is 6.88. The molecule has 0 saturated heterocycles. The molecule has 0 saturated carbocycles. The first-order valence-corrected chi connectivity index (χ1v) is 10.2. The van der Waals surface area contributed by atoms with Gasteiger partial charge in [-0.25, -0.2) is 4.99 Å². The molecule has 1 aliphatic heterocycles. The number of carbonyl (C=O) groups excluding carboxylic acids is 2. The number of terminal acetylenes is 1. The molecule has 2 amide bonds. The van der Waals surface area contributed by atoms with Crippen molar-refractivity contribution >= 4 is 35.1 Å². The summed E-state index contributed by atoms with van der Waals surface area (Å²) in [5.74, 6) is 2.46. The summed E-state index contributed by atoms with van der Waals surface area (Å²) < 4.78 is 0. The van der Waals surface area contributed by atoms with Crippen molar-refractivity contribution in [3.8, 4) is 12.3 Å². The Balaban J connectivity index is 1.88. The molecule has 3 rings (SSSR count). The van der Waals surface area contributed by atoms with E-state index < -0.39 is 0 Å². The number of benzene rings is 2. The van der Waals surface area contributed by atoms with Gasteiger partial charge in [-0.15, -0.1) is 6.42 Å². The van der Waals surface area contributed by atoms with Crippen LogP contribution in [-0.2, 0) is 4.79 Å². The smallest absolute Gasteiger partial charge is 0.255 e. The van der Waals surface area contributed by atoms with E-state index in [9.17, 15) is 9.59 Å². The van der Waals surface area contributed by atoms with Gasteiger partial charge in [-0.2, -0.15) is 0 Å². The minimum atomic E-state index is -0.241. The fourth-order valence-corrected chi connectivity index (χ4v) is 3.43. The van der Waals surface area contributed by atoms with E-state index in [0.29, 0.717) is 29.2 Å². The van der Waals surface area contributed by atoms with E-state index in [4.69, 9.17) is 12.2 Å². The van der Waals surface area contributed by atoms with Crippen molar-refractivity contribution in [2.45, 2.75) is 26.7 Å². The quantitative estimate of drug-likeness (QED) is 0.703. The number of aliphatic imine (C=N–C) groups is 1. The van der Waals surface area contributed by atoms with Crippen molar-refractivity contribution in [3.63, 3.8) is 0 Å². The van der Waals surface area contributed by atoms with E-state index in [1.54, 1.807) is 29.2 Å². The van der Waals surface area contributed by atoms with Crippen molar-refractivity contribution in [2.24, 2.45) is 10.7 Å². The molecule has 31 heavy (non-hydrogen) atoms. The van der Waals surface area contributed by atoms with Gasteiger partial charge in [-0.3, -0.25) is 9.59 Å². The molecule has 0 unspecified atom stereocenters. The Hall–Kier alpha value is -3.85. The van der Waals surface area contributed by atoms with Crippen LogP contribution in [0, 0.1) is 19.3 Å². The van der Waals surface area contributed by atoms with Gasteiger partial charge in [0.15, 0.2) is 0 Å². The van der Waals surface area contributed by atoms with Gasteiger partial charge in [0, 0.05) is 35.4 Å². The van der Waals surface area contributed by atoms with Crippen LogP contribution in [0.3, 0.4) is 0 Å². The van der Waals surface area contributed by atoms with Crippen molar-refractivity contribution in [2.75, 3.05) is 18.4 Å². The molecule has 158 valence electrons. The zero-order valence-electron chi connectivity index (χ0n) is 17.8. The van der Waals surface area contributed by atoms with E-state index in [0.717, 1.165) is 23.2 Å². The molecule has 0 atom stereocenters. The number of anilines is 1. The summed E-state index contributed by atoms with van der Waals surface area (Å²) in [4.78, 5) is 31.7. The summed E-state index contributed by atoms with van der Waals surface area (Å²) in [7, 11) is 0. The lowest BCUT2D eigenvalue weighted by atomic mass is 10.0. The number of amides is 2. The van der Waals surface area contributed by atoms with Gasteiger partial charge in [0.25, 0.3) is 11.8 Å². The number of aryl methyl sites for hydroxylation is 1. The van der Waals surface area contributed by atoms with Crippen molar-refractivity contribution in [1.29, 1.82) is 0 Å². The van der Waals surface area contributed by atoms with Crippen LogP contribution >= 0.6 is 0 Å². The summed E-state index contributed by atoms with van der Waals surface area (Å²) in [5.41, 5.74) is 10.1. The minimum Gasteiger partial charge on any atom is -0.387 e. The van der Waals surface area contributed by atoms with Crippen LogP contribution in [0.5, 0.6) is 0 Å². The van der Waals surface area contributed by atoms with Gasteiger partial charge in [0.1, 0.15) is 5.84 Å². The molecule has 2 aromatic rings. The highest BCUT2D eigenvalue weighted by atomic mass is 16.2. The van der Waals surface area contributed by atoms with E-state index in [2.05, 4.69) is 16.2 Å². The Morgan fingerprint density at radius 3 is 2.77 bits per heavy atom. The van der Waals surface area contributed by atoms with Crippen LogP contribution in [0.25, 0.3) is 6.08 Å². The Labute approximate surface area is 182 Å². The lowest BCUT2D eigenvalue weighted by Crippen LogP contribution is -2.34. The third-order valence-electron chi connectivity index (χ3n) is 4.87. The molecule has 0 radical (unpaired) electrons.